The van der Waals surface area contributed by atoms with Crippen molar-refractivity contribution in [1.82, 2.24) is 10.2 Å². The second-order valence-corrected chi connectivity index (χ2v) is 7.12. The number of halogens is 1. The second kappa shape index (κ2) is 7.97. The van der Waals surface area contributed by atoms with Gasteiger partial charge in [0.25, 0.3) is 5.91 Å². The Bertz CT molecular complexity index is 499. The SMILES string of the molecule is CN(C)C1(CNC(=O)COc2cccc(Br)c2)CCCCC1. The largest absolute Gasteiger partial charge is 0.484 e. The van der Waals surface area contributed by atoms with E-state index in [1.807, 2.05) is 24.3 Å². The molecule has 0 spiro atoms. The highest BCUT2D eigenvalue weighted by Crippen LogP contribution is 2.31. The summed E-state index contributed by atoms with van der Waals surface area (Å²) in [4.78, 5) is 14.3. The Balaban J connectivity index is 1.81. The average Bonchev–Trinajstić information content (AvgIpc) is 2.52. The van der Waals surface area contributed by atoms with Gasteiger partial charge in [-0.05, 0) is 45.1 Å². The van der Waals surface area contributed by atoms with Gasteiger partial charge in [0.05, 0.1) is 0 Å². The lowest BCUT2D eigenvalue weighted by Crippen LogP contribution is -2.54. The van der Waals surface area contributed by atoms with Crippen LogP contribution in [0, 0.1) is 0 Å². The molecule has 4 nitrogen and oxygen atoms in total. The van der Waals surface area contributed by atoms with Crippen molar-refractivity contribution in [1.29, 1.82) is 0 Å². The summed E-state index contributed by atoms with van der Waals surface area (Å²) in [7, 11) is 4.21. The summed E-state index contributed by atoms with van der Waals surface area (Å²) in [5.74, 6) is 0.635. The number of hydrogen-bond donors (Lipinski definition) is 1. The molecule has 1 aromatic rings. The van der Waals surface area contributed by atoms with Gasteiger partial charge in [-0.2, -0.15) is 0 Å². The smallest absolute Gasteiger partial charge is 0.258 e. The van der Waals surface area contributed by atoms with E-state index in [2.05, 4.69) is 40.2 Å². The lowest BCUT2D eigenvalue weighted by molar-refractivity contribution is -0.123. The first-order chi connectivity index (χ1) is 10.5. The molecule has 0 atom stereocenters. The van der Waals surface area contributed by atoms with Crippen molar-refractivity contribution in [2.24, 2.45) is 0 Å². The molecule has 0 saturated heterocycles. The van der Waals surface area contributed by atoms with Gasteiger partial charge in [0.2, 0.25) is 0 Å². The van der Waals surface area contributed by atoms with Gasteiger partial charge in [-0.1, -0.05) is 41.3 Å². The number of ether oxygens (including phenoxy) is 1. The number of likely N-dealkylation sites (N-methyl/N-ethyl adjacent to an activating group) is 1. The van der Waals surface area contributed by atoms with Crippen molar-refractivity contribution < 1.29 is 9.53 Å². The van der Waals surface area contributed by atoms with E-state index >= 15 is 0 Å². The van der Waals surface area contributed by atoms with Crippen molar-refractivity contribution in [3.8, 4) is 5.75 Å². The molecule has 1 aromatic carbocycles. The molecular weight excluding hydrogens is 344 g/mol. The molecule has 1 N–H and O–H groups in total. The van der Waals surface area contributed by atoms with Crippen LogP contribution in [0.1, 0.15) is 32.1 Å². The maximum Gasteiger partial charge on any atom is 0.258 e. The Morgan fingerprint density at radius 2 is 2.05 bits per heavy atom. The summed E-state index contributed by atoms with van der Waals surface area (Å²) in [6.45, 7) is 0.751. The maximum atomic E-state index is 12.0. The molecule has 0 aliphatic heterocycles. The molecule has 0 unspecified atom stereocenters. The fraction of sp³-hybridized carbons (Fsp3) is 0.588. The first-order valence-electron chi connectivity index (χ1n) is 7.84. The molecular formula is C17H25BrN2O2. The van der Waals surface area contributed by atoms with E-state index in [0.717, 1.165) is 17.3 Å². The molecule has 0 aromatic heterocycles. The van der Waals surface area contributed by atoms with Gasteiger partial charge in [0.1, 0.15) is 5.75 Å². The fourth-order valence-corrected chi connectivity index (χ4v) is 3.39. The molecule has 122 valence electrons. The van der Waals surface area contributed by atoms with Crippen molar-refractivity contribution in [2.75, 3.05) is 27.2 Å². The number of nitrogens with zero attached hydrogens (tertiary/aromatic N) is 1. The first kappa shape index (κ1) is 17.3. The number of carbonyl (C=O) groups is 1. The third-order valence-electron chi connectivity index (χ3n) is 4.51. The summed E-state index contributed by atoms with van der Waals surface area (Å²) < 4.78 is 6.47. The molecule has 2 rings (SSSR count). The van der Waals surface area contributed by atoms with Crippen LogP contribution < -0.4 is 10.1 Å². The summed E-state index contributed by atoms with van der Waals surface area (Å²) in [6, 6.07) is 7.52. The van der Waals surface area contributed by atoms with Gasteiger partial charge in [-0.3, -0.25) is 4.79 Å². The molecule has 1 amide bonds. The number of carbonyl (C=O) groups excluding carboxylic acids is 1. The van der Waals surface area contributed by atoms with Gasteiger partial charge < -0.3 is 15.0 Å². The first-order valence-corrected chi connectivity index (χ1v) is 8.64. The highest BCUT2D eigenvalue weighted by molar-refractivity contribution is 9.10. The predicted octanol–water partition coefficient (Wildman–Crippen LogP) is 3.21. The molecule has 1 fully saturated rings. The summed E-state index contributed by atoms with van der Waals surface area (Å²) >= 11 is 3.39. The van der Waals surface area contributed by atoms with Gasteiger partial charge in [0.15, 0.2) is 6.61 Å². The van der Waals surface area contributed by atoms with Crippen LogP contribution in [0.3, 0.4) is 0 Å². The number of amides is 1. The van der Waals surface area contributed by atoms with Crippen LogP contribution in [-0.2, 0) is 4.79 Å². The average molecular weight is 369 g/mol. The zero-order chi connectivity index (χ0) is 16.0. The van der Waals surface area contributed by atoms with Crippen LogP contribution in [0.2, 0.25) is 0 Å². The van der Waals surface area contributed by atoms with Crippen molar-refractivity contribution in [2.45, 2.75) is 37.6 Å². The van der Waals surface area contributed by atoms with Crippen molar-refractivity contribution in [3.63, 3.8) is 0 Å². The molecule has 1 saturated carbocycles. The summed E-state index contributed by atoms with van der Waals surface area (Å²) in [5, 5.41) is 3.04. The van der Waals surface area contributed by atoms with E-state index in [1.54, 1.807) is 0 Å². The van der Waals surface area contributed by atoms with E-state index in [0.29, 0.717) is 12.3 Å². The molecule has 0 heterocycles. The quantitative estimate of drug-likeness (QED) is 0.837. The van der Waals surface area contributed by atoms with Gasteiger partial charge in [0, 0.05) is 16.6 Å². The van der Waals surface area contributed by atoms with Crippen LogP contribution in [0.25, 0.3) is 0 Å². The molecule has 5 heteroatoms. The monoisotopic (exact) mass is 368 g/mol. The van der Waals surface area contributed by atoms with E-state index in [4.69, 9.17) is 4.74 Å². The Morgan fingerprint density at radius 3 is 2.68 bits per heavy atom. The van der Waals surface area contributed by atoms with E-state index in [1.165, 1.54) is 19.3 Å². The normalized spacial score (nSPS) is 17.3. The third kappa shape index (κ3) is 4.71. The minimum Gasteiger partial charge on any atom is -0.484 e. The minimum atomic E-state index is -0.0632. The minimum absolute atomic E-state index is 0.0555. The predicted molar refractivity (Wildman–Crippen MR) is 92.1 cm³/mol. The summed E-state index contributed by atoms with van der Waals surface area (Å²) in [6.07, 6.45) is 6.07. The van der Waals surface area contributed by atoms with Gasteiger partial charge in [-0.25, -0.2) is 0 Å². The Kier molecular flexibility index (Phi) is 6.26. The Morgan fingerprint density at radius 1 is 1.32 bits per heavy atom. The second-order valence-electron chi connectivity index (χ2n) is 6.20. The topological polar surface area (TPSA) is 41.6 Å². The Hall–Kier alpha value is -1.07. The number of hydrogen-bond acceptors (Lipinski definition) is 3. The summed E-state index contributed by atoms with van der Waals surface area (Å²) in [5.41, 5.74) is 0.101. The lowest BCUT2D eigenvalue weighted by atomic mass is 9.80. The van der Waals surface area contributed by atoms with Crippen LogP contribution >= 0.6 is 15.9 Å². The number of nitrogens with one attached hydrogen (secondary N) is 1. The molecule has 1 aliphatic carbocycles. The molecule has 22 heavy (non-hydrogen) atoms. The van der Waals surface area contributed by atoms with Crippen LogP contribution in [0.5, 0.6) is 5.75 Å². The highest BCUT2D eigenvalue weighted by atomic mass is 79.9. The zero-order valence-corrected chi connectivity index (χ0v) is 15.0. The van der Waals surface area contributed by atoms with Crippen LogP contribution in [0.4, 0.5) is 0 Å². The van der Waals surface area contributed by atoms with Crippen molar-refractivity contribution >= 4 is 21.8 Å². The van der Waals surface area contributed by atoms with E-state index < -0.39 is 0 Å². The highest BCUT2D eigenvalue weighted by Gasteiger charge is 2.34. The standard InChI is InChI=1S/C17H25BrN2O2/c1-20(2)17(9-4-3-5-10-17)13-19-16(21)12-22-15-8-6-7-14(18)11-15/h6-8,11H,3-5,9-10,12-13H2,1-2H3,(H,19,21). The van der Waals surface area contributed by atoms with Crippen molar-refractivity contribution in [3.05, 3.63) is 28.7 Å². The van der Waals surface area contributed by atoms with Gasteiger partial charge >= 0.3 is 0 Å². The lowest BCUT2D eigenvalue weighted by Gasteiger charge is -2.43. The maximum absolute atomic E-state index is 12.0. The molecule has 1 aliphatic rings. The van der Waals surface area contributed by atoms with Crippen LogP contribution in [0.15, 0.2) is 28.7 Å². The molecule has 0 radical (unpaired) electrons. The Labute approximate surface area is 141 Å². The van der Waals surface area contributed by atoms with E-state index in [9.17, 15) is 4.79 Å². The third-order valence-corrected chi connectivity index (χ3v) is 5.01. The fourth-order valence-electron chi connectivity index (χ4n) is 3.01. The zero-order valence-electron chi connectivity index (χ0n) is 13.4. The van der Waals surface area contributed by atoms with Crippen LogP contribution in [-0.4, -0.2) is 43.6 Å². The number of rotatable bonds is 6. The van der Waals surface area contributed by atoms with Gasteiger partial charge in [-0.15, -0.1) is 0 Å². The number of benzene rings is 1. The van der Waals surface area contributed by atoms with E-state index in [-0.39, 0.29) is 18.1 Å². The molecule has 0 bridgehead atoms.